The first kappa shape index (κ1) is 16.2. The first-order chi connectivity index (χ1) is 10.5. The molecule has 2 aromatic rings. The molecule has 0 saturated heterocycles. The summed E-state index contributed by atoms with van der Waals surface area (Å²) in [5.41, 5.74) is 2.71. The average Bonchev–Trinajstić information content (AvgIpc) is 3.00. The molecule has 1 unspecified atom stereocenters. The number of rotatable bonds is 5. The third kappa shape index (κ3) is 4.16. The molecule has 1 heterocycles. The van der Waals surface area contributed by atoms with Crippen molar-refractivity contribution in [2.24, 2.45) is 0 Å². The van der Waals surface area contributed by atoms with Gasteiger partial charge in [-0.2, -0.15) is 11.3 Å². The van der Waals surface area contributed by atoms with Crippen LogP contribution in [0.3, 0.4) is 0 Å². The molecule has 0 spiro atoms. The molecular formula is C16H18N2O3S. The van der Waals surface area contributed by atoms with Crippen molar-refractivity contribution in [3.63, 3.8) is 0 Å². The van der Waals surface area contributed by atoms with Gasteiger partial charge in [0.25, 0.3) is 5.91 Å². The molecule has 0 aliphatic heterocycles. The Morgan fingerprint density at radius 1 is 1.32 bits per heavy atom. The zero-order valence-electron chi connectivity index (χ0n) is 12.4. The molecule has 116 valence electrons. The predicted molar refractivity (Wildman–Crippen MR) is 87.1 cm³/mol. The Labute approximate surface area is 133 Å². The van der Waals surface area contributed by atoms with Gasteiger partial charge in [-0.25, -0.2) is 0 Å². The molecule has 0 saturated carbocycles. The molecule has 6 heteroatoms. The summed E-state index contributed by atoms with van der Waals surface area (Å²) in [7, 11) is 0. The number of amides is 2. The van der Waals surface area contributed by atoms with Crippen LogP contribution in [0.1, 0.15) is 34.5 Å². The van der Waals surface area contributed by atoms with Crippen LogP contribution in [0.25, 0.3) is 0 Å². The van der Waals surface area contributed by atoms with Crippen LogP contribution in [0.2, 0.25) is 0 Å². The van der Waals surface area contributed by atoms with E-state index in [1.165, 1.54) is 18.3 Å². The molecule has 2 amide bonds. The lowest BCUT2D eigenvalue weighted by Crippen LogP contribution is -2.28. The van der Waals surface area contributed by atoms with Gasteiger partial charge in [0.05, 0.1) is 6.10 Å². The molecule has 0 bridgehead atoms. The minimum Gasteiger partial charge on any atom is -0.387 e. The van der Waals surface area contributed by atoms with E-state index < -0.39 is 6.10 Å². The zero-order chi connectivity index (χ0) is 16.1. The second-order valence-corrected chi connectivity index (χ2v) is 5.77. The Morgan fingerprint density at radius 2 is 2.09 bits per heavy atom. The van der Waals surface area contributed by atoms with Gasteiger partial charge in [0.1, 0.15) is 0 Å². The van der Waals surface area contributed by atoms with Gasteiger partial charge >= 0.3 is 0 Å². The first-order valence-electron chi connectivity index (χ1n) is 6.84. The molecule has 1 atom stereocenters. The average molecular weight is 318 g/mol. The number of hydrogen-bond acceptors (Lipinski definition) is 4. The topological polar surface area (TPSA) is 78.4 Å². The number of carbonyl (C=O) groups is 2. The van der Waals surface area contributed by atoms with Crippen molar-refractivity contribution < 1.29 is 14.7 Å². The van der Waals surface area contributed by atoms with Crippen molar-refractivity contribution in [2.45, 2.75) is 20.0 Å². The summed E-state index contributed by atoms with van der Waals surface area (Å²) in [5, 5.41) is 19.1. The van der Waals surface area contributed by atoms with Crippen molar-refractivity contribution in [1.82, 2.24) is 5.32 Å². The maximum Gasteiger partial charge on any atom is 0.251 e. The minimum atomic E-state index is -0.726. The van der Waals surface area contributed by atoms with E-state index in [1.807, 2.05) is 23.8 Å². The SMILES string of the molecule is CC(=O)Nc1cc(C(=O)NCC(O)c2ccsc2)ccc1C. The van der Waals surface area contributed by atoms with Crippen molar-refractivity contribution >= 4 is 28.8 Å². The van der Waals surface area contributed by atoms with E-state index in [2.05, 4.69) is 10.6 Å². The number of aliphatic hydroxyl groups is 1. The van der Waals surface area contributed by atoms with Crippen molar-refractivity contribution in [1.29, 1.82) is 0 Å². The third-order valence-corrected chi connectivity index (χ3v) is 3.90. The Balaban J connectivity index is 2.01. The molecule has 5 nitrogen and oxygen atoms in total. The summed E-state index contributed by atoms with van der Waals surface area (Å²) in [4.78, 5) is 23.3. The van der Waals surface area contributed by atoms with Gasteiger partial charge in [0.15, 0.2) is 0 Å². The summed E-state index contributed by atoms with van der Waals surface area (Å²) >= 11 is 1.49. The lowest BCUT2D eigenvalue weighted by Gasteiger charge is -2.12. The molecule has 2 rings (SSSR count). The summed E-state index contributed by atoms with van der Waals surface area (Å²) in [6.45, 7) is 3.41. The molecule has 1 aromatic carbocycles. The van der Waals surface area contributed by atoms with Gasteiger partial charge in [-0.05, 0) is 47.0 Å². The highest BCUT2D eigenvalue weighted by Crippen LogP contribution is 2.18. The van der Waals surface area contributed by atoms with Crippen LogP contribution in [-0.2, 0) is 4.79 Å². The molecule has 1 aromatic heterocycles. The van der Waals surface area contributed by atoms with Crippen LogP contribution in [0.4, 0.5) is 5.69 Å². The van der Waals surface area contributed by atoms with E-state index in [4.69, 9.17) is 0 Å². The summed E-state index contributed by atoms with van der Waals surface area (Å²) in [5.74, 6) is -0.477. The quantitative estimate of drug-likeness (QED) is 0.792. The number of thiophene rings is 1. The van der Waals surface area contributed by atoms with Gasteiger partial charge in [0, 0.05) is 24.7 Å². The van der Waals surface area contributed by atoms with Crippen LogP contribution in [0.15, 0.2) is 35.0 Å². The molecule has 3 N–H and O–H groups in total. The van der Waals surface area contributed by atoms with Crippen LogP contribution in [0, 0.1) is 6.92 Å². The highest BCUT2D eigenvalue weighted by molar-refractivity contribution is 7.07. The van der Waals surface area contributed by atoms with E-state index in [0.717, 1.165) is 11.1 Å². The zero-order valence-corrected chi connectivity index (χ0v) is 13.2. The Morgan fingerprint density at radius 3 is 2.73 bits per heavy atom. The van der Waals surface area contributed by atoms with Crippen LogP contribution >= 0.6 is 11.3 Å². The number of carbonyl (C=O) groups excluding carboxylic acids is 2. The van der Waals surface area contributed by atoms with Gasteiger partial charge in [-0.1, -0.05) is 6.07 Å². The predicted octanol–water partition coefficient (Wildman–Crippen LogP) is 2.48. The Bertz CT molecular complexity index is 668. The van der Waals surface area contributed by atoms with E-state index in [-0.39, 0.29) is 18.4 Å². The maximum absolute atomic E-state index is 12.1. The van der Waals surface area contributed by atoms with Gasteiger partial charge < -0.3 is 15.7 Å². The molecule has 0 fully saturated rings. The van der Waals surface area contributed by atoms with Crippen molar-refractivity contribution in [3.05, 3.63) is 51.7 Å². The molecule has 0 aliphatic carbocycles. The van der Waals surface area contributed by atoms with Crippen LogP contribution in [0.5, 0.6) is 0 Å². The second kappa shape index (κ2) is 7.20. The number of hydrogen-bond donors (Lipinski definition) is 3. The van der Waals surface area contributed by atoms with Gasteiger partial charge in [-0.15, -0.1) is 0 Å². The smallest absolute Gasteiger partial charge is 0.251 e. The van der Waals surface area contributed by atoms with E-state index >= 15 is 0 Å². The number of aliphatic hydroxyl groups excluding tert-OH is 1. The fraction of sp³-hybridized carbons (Fsp3) is 0.250. The van der Waals surface area contributed by atoms with Crippen molar-refractivity contribution in [2.75, 3.05) is 11.9 Å². The van der Waals surface area contributed by atoms with E-state index in [0.29, 0.717) is 11.3 Å². The second-order valence-electron chi connectivity index (χ2n) is 4.99. The van der Waals surface area contributed by atoms with Gasteiger partial charge in [0.2, 0.25) is 5.91 Å². The van der Waals surface area contributed by atoms with E-state index in [9.17, 15) is 14.7 Å². The standard InChI is InChI=1S/C16H18N2O3S/c1-10-3-4-12(7-14(10)18-11(2)19)16(21)17-8-15(20)13-5-6-22-9-13/h3-7,9,15,20H,8H2,1-2H3,(H,17,21)(H,18,19). The maximum atomic E-state index is 12.1. The lowest BCUT2D eigenvalue weighted by atomic mass is 10.1. The number of nitrogens with one attached hydrogen (secondary N) is 2. The van der Waals surface area contributed by atoms with E-state index in [1.54, 1.807) is 18.2 Å². The highest BCUT2D eigenvalue weighted by Gasteiger charge is 2.12. The molecule has 22 heavy (non-hydrogen) atoms. The lowest BCUT2D eigenvalue weighted by molar-refractivity contribution is -0.114. The number of anilines is 1. The van der Waals surface area contributed by atoms with Crippen LogP contribution < -0.4 is 10.6 Å². The number of aryl methyl sites for hydroxylation is 1. The number of benzene rings is 1. The Kier molecular flexibility index (Phi) is 5.30. The normalized spacial score (nSPS) is 11.8. The molecule has 0 radical (unpaired) electrons. The summed E-state index contributed by atoms with van der Waals surface area (Å²) < 4.78 is 0. The third-order valence-electron chi connectivity index (χ3n) is 3.19. The first-order valence-corrected chi connectivity index (χ1v) is 7.78. The largest absolute Gasteiger partial charge is 0.387 e. The highest BCUT2D eigenvalue weighted by atomic mass is 32.1. The summed E-state index contributed by atoms with van der Waals surface area (Å²) in [6.07, 6.45) is -0.726. The molecule has 0 aliphatic rings. The minimum absolute atomic E-state index is 0.138. The monoisotopic (exact) mass is 318 g/mol. The van der Waals surface area contributed by atoms with Gasteiger partial charge in [-0.3, -0.25) is 9.59 Å². The van der Waals surface area contributed by atoms with Crippen molar-refractivity contribution in [3.8, 4) is 0 Å². The summed E-state index contributed by atoms with van der Waals surface area (Å²) in [6, 6.07) is 6.91. The Hall–Kier alpha value is -2.18. The fourth-order valence-corrected chi connectivity index (χ4v) is 2.67. The molecular weight excluding hydrogens is 300 g/mol. The fourth-order valence-electron chi connectivity index (χ4n) is 1.96. The van der Waals surface area contributed by atoms with Crippen LogP contribution in [-0.4, -0.2) is 23.5 Å².